The molecule has 386 valence electrons. The van der Waals surface area contributed by atoms with Crippen LogP contribution in [0.2, 0.25) is 0 Å². The lowest BCUT2D eigenvalue weighted by Gasteiger charge is -2.27. The third-order valence-corrected chi connectivity index (χ3v) is 13.2. The van der Waals surface area contributed by atoms with Gasteiger partial charge >= 0.3 is 11.9 Å². The fraction of sp³-hybridized carbons (Fsp3) is 0.119. The zero-order valence-corrected chi connectivity index (χ0v) is 42.4. The Morgan fingerprint density at radius 1 is 0.282 bits per heavy atom. The number of carbonyl (C=O) groups excluding carboxylic acids is 3. The van der Waals surface area contributed by atoms with E-state index in [0.29, 0.717) is 33.0 Å². The summed E-state index contributed by atoms with van der Waals surface area (Å²) in [5.41, 5.74) is 5.12. The third kappa shape index (κ3) is 11.2. The number of Topliss-reactive ketones (excluding diaryl/α,β-unsaturated/α-hetero) is 1. The molecule has 11 rings (SSSR count). The van der Waals surface area contributed by atoms with Crippen LogP contribution < -0.4 is 28.4 Å². The monoisotopic (exact) mass is 1030 g/mol. The van der Waals surface area contributed by atoms with Crippen molar-refractivity contribution in [3.63, 3.8) is 0 Å². The van der Waals surface area contributed by atoms with Crippen LogP contribution in [0, 0.1) is 0 Å². The lowest BCUT2D eigenvalue weighted by molar-refractivity contribution is -0.125. The molecule has 1 aliphatic heterocycles. The van der Waals surface area contributed by atoms with Gasteiger partial charge in [-0.2, -0.15) is 0 Å². The lowest BCUT2D eigenvalue weighted by atomic mass is 9.84. The molecular weight excluding hydrogens is 981 g/mol. The molecule has 0 unspecified atom stereocenters. The summed E-state index contributed by atoms with van der Waals surface area (Å²) in [4.78, 5) is 45.0. The quantitative estimate of drug-likeness (QED) is 0.0763. The fourth-order valence-corrected chi connectivity index (χ4v) is 9.47. The van der Waals surface area contributed by atoms with E-state index in [-0.39, 0.29) is 84.9 Å². The second kappa shape index (κ2) is 23.8. The van der Waals surface area contributed by atoms with Crippen molar-refractivity contribution in [3.8, 4) is 45.6 Å². The molecule has 0 spiro atoms. The molecule has 0 saturated carbocycles. The summed E-state index contributed by atoms with van der Waals surface area (Å²) >= 11 is 0. The predicted molar refractivity (Wildman–Crippen MR) is 297 cm³/mol. The first kappa shape index (κ1) is 50.3. The number of rotatable bonds is 18. The van der Waals surface area contributed by atoms with Gasteiger partial charge in [0.05, 0.1) is 10.8 Å². The van der Waals surface area contributed by atoms with Crippen LogP contribution in [-0.2, 0) is 53.9 Å². The Balaban J connectivity index is 1.28. The summed E-state index contributed by atoms with van der Waals surface area (Å²) in [5, 5.41) is 1.66. The van der Waals surface area contributed by atoms with Crippen LogP contribution in [0.25, 0.3) is 32.7 Å². The standard InChI is InChI=1S/C67H52O11/c68-51-43-77-66(69)60-58(52-33-19-35-54(71-37-45-21-7-1-8-22-45)56(52)62(73-39-47-25-11-3-12-26-47)64(60)75-41-49-29-15-5-16-30-49)59-53-34-20-36-55(72-38-46-23-9-2-10-24-46)57(53)63(74-40-48-27-13-4-14-28-48)65(61(59)67(70)78-44-51)76-42-50-31-17-6-18-32-50/h1-36H,37-44H2. The summed E-state index contributed by atoms with van der Waals surface area (Å²) in [6, 6.07) is 68.7. The second-order valence-electron chi connectivity index (χ2n) is 18.5. The number of esters is 2. The van der Waals surface area contributed by atoms with E-state index in [2.05, 4.69) is 0 Å². The second-order valence-corrected chi connectivity index (χ2v) is 18.5. The molecule has 0 amide bonds. The number of ether oxygens (including phenoxy) is 8. The van der Waals surface area contributed by atoms with E-state index in [1.54, 1.807) is 0 Å². The third-order valence-electron chi connectivity index (χ3n) is 13.2. The SMILES string of the molecule is O=C1COC(=O)c2c(OCc3ccccc3)c(OCc3ccccc3)c3c(OCc4ccccc4)cccc3c2-c2c(c(OCc3ccccc3)c(OCc3ccccc3)c3c(OCc4ccccc4)cccc23)C(=O)OC1. The molecule has 0 aromatic heterocycles. The zero-order chi connectivity index (χ0) is 53.0. The van der Waals surface area contributed by atoms with Crippen LogP contribution in [0.1, 0.15) is 54.1 Å². The van der Waals surface area contributed by atoms with Gasteiger partial charge in [0.25, 0.3) is 0 Å². The van der Waals surface area contributed by atoms with Crippen LogP contribution >= 0.6 is 0 Å². The van der Waals surface area contributed by atoms with E-state index in [1.807, 2.05) is 218 Å². The smallest absolute Gasteiger partial charge is 0.343 e. The molecule has 0 bridgehead atoms. The van der Waals surface area contributed by atoms with Gasteiger partial charge in [-0.15, -0.1) is 0 Å². The molecule has 0 saturated heterocycles. The Morgan fingerprint density at radius 2 is 0.551 bits per heavy atom. The molecule has 10 aromatic rings. The van der Waals surface area contributed by atoms with Crippen molar-refractivity contribution in [2.45, 2.75) is 39.6 Å². The highest BCUT2D eigenvalue weighted by Gasteiger charge is 2.38. The average Bonchev–Trinajstić information content (AvgIpc) is 3.54. The van der Waals surface area contributed by atoms with Crippen LogP contribution in [-0.4, -0.2) is 30.9 Å². The molecule has 0 atom stereocenters. The van der Waals surface area contributed by atoms with E-state index in [0.717, 1.165) is 33.4 Å². The average molecular weight is 1030 g/mol. The normalized spacial score (nSPS) is 12.3. The van der Waals surface area contributed by atoms with Crippen molar-refractivity contribution >= 4 is 39.3 Å². The van der Waals surface area contributed by atoms with Crippen molar-refractivity contribution in [2.75, 3.05) is 13.2 Å². The molecule has 0 fully saturated rings. The summed E-state index contributed by atoms with van der Waals surface area (Å²) in [6.45, 7) is -1.11. The Kier molecular flexibility index (Phi) is 15.3. The van der Waals surface area contributed by atoms with Crippen LogP contribution in [0.5, 0.6) is 34.5 Å². The maximum atomic E-state index is 15.6. The van der Waals surface area contributed by atoms with Crippen molar-refractivity contribution in [1.82, 2.24) is 0 Å². The highest BCUT2D eigenvalue weighted by atomic mass is 16.6. The minimum absolute atomic E-state index is 0.0233. The first-order chi connectivity index (χ1) is 38.5. The van der Waals surface area contributed by atoms with Crippen LogP contribution in [0.4, 0.5) is 0 Å². The molecule has 11 heteroatoms. The van der Waals surface area contributed by atoms with Crippen LogP contribution in [0.3, 0.4) is 0 Å². The fourth-order valence-electron chi connectivity index (χ4n) is 9.47. The molecule has 10 aromatic carbocycles. The number of fused-ring (bicyclic) bond motifs is 7. The first-order valence-corrected chi connectivity index (χ1v) is 25.6. The highest BCUT2D eigenvalue weighted by Crippen LogP contribution is 2.56. The molecular formula is C67H52O11. The van der Waals surface area contributed by atoms with Crippen molar-refractivity contribution in [1.29, 1.82) is 0 Å². The number of ketones is 1. The first-order valence-electron chi connectivity index (χ1n) is 25.6. The molecule has 11 nitrogen and oxygen atoms in total. The Labute approximate surface area is 451 Å². The van der Waals surface area contributed by atoms with Gasteiger partial charge < -0.3 is 37.9 Å². The summed E-state index contributed by atoms with van der Waals surface area (Å²) in [7, 11) is 0. The molecule has 1 heterocycles. The summed E-state index contributed by atoms with van der Waals surface area (Å²) in [5.74, 6) is -1.48. The van der Waals surface area contributed by atoms with E-state index < -0.39 is 30.9 Å². The predicted octanol–water partition coefficient (Wildman–Crippen LogP) is 14.0. The molecule has 0 aliphatic carbocycles. The Bertz CT molecular complexity index is 3480. The van der Waals surface area contributed by atoms with E-state index in [9.17, 15) is 4.79 Å². The van der Waals surface area contributed by atoms with Crippen molar-refractivity contribution < 1.29 is 52.3 Å². The molecule has 0 N–H and O–H groups in total. The Hall–Kier alpha value is -9.87. The molecule has 0 radical (unpaired) electrons. The summed E-state index contributed by atoms with van der Waals surface area (Å²) < 4.78 is 53.5. The molecule has 1 aliphatic rings. The minimum Gasteiger partial charge on any atom is -0.488 e. The molecule has 78 heavy (non-hydrogen) atoms. The number of carbonyl (C=O) groups is 3. The van der Waals surface area contributed by atoms with Crippen molar-refractivity contribution in [3.05, 3.63) is 263 Å². The van der Waals surface area contributed by atoms with Gasteiger partial charge in [-0.1, -0.05) is 206 Å². The van der Waals surface area contributed by atoms with Gasteiger partial charge in [0.2, 0.25) is 5.78 Å². The van der Waals surface area contributed by atoms with E-state index >= 15 is 9.59 Å². The number of hydrogen-bond acceptors (Lipinski definition) is 11. The van der Waals surface area contributed by atoms with E-state index in [4.69, 9.17) is 37.9 Å². The maximum absolute atomic E-state index is 15.6. The van der Waals surface area contributed by atoms with Gasteiger partial charge in [0.1, 0.15) is 62.3 Å². The van der Waals surface area contributed by atoms with Gasteiger partial charge in [0.15, 0.2) is 36.2 Å². The highest BCUT2D eigenvalue weighted by molar-refractivity contribution is 6.23. The number of hydrogen-bond donors (Lipinski definition) is 0. The van der Waals surface area contributed by atoms with Crippen molar-refractivity contribution in [2.24, 2.45) is 0 Å². The Morgan fingerprint density at radius 3 is 0.846 bits per heavy atom. The minimum atomic E-state index is -0.926. The summed E-state index contributed by atoms with van der Waals surface area (Å²) in [6.07, 6.45) is 0. The number of cyclic esters (lactones) is 2. The largest absolute Gasteiger partial charge is 0.488 e. The number of benzene rings is 10. The van der Waals surface area contributed by atoms with Gasteiger partial charge in [0, 0.05) is 11.1 Å². The van der Waals surface area contributed by atoms with Crippen LogP contribution in [0.15, 0.2) is 218 Å². The van der Waals surface area contributed by atoms with Gasteiger partial charge in [-0.3, -0.25) is 4.79 Å². The lowest BCUT2D eigenvalue weighted by Crippen LogP contribution is -2.20. The van der Waals surface area contributed by atoms with Gasteiger partial charge in [-0.25, -0.2) is 9.59 Å². The van der Waals surface area contributed by atoms with E-state index in [1.165, 1.54) is 0 Å². The van der Waals surface area contributed by atoms with Gasteiger partial charge in [-0.05, 0) is 56.3 Å². The maximum Gasteiger partial charge on any atom is 0.343 e. The topological polar surface area (TPSA) is 125 Å². The zero-order valence-electron chi connectivity index (χ0n) is 42.4.